The predicted molar refractivity (Wildman–Crippen MR) is 73.8 cm³/mol. The average molecular weight is 352 g/mol. The van der Waals surface area contributed by atoms with E-state index in [0.29, 0.717) is 5.39 Å². The number of nitrogens with zero attached hydrogens (tertiary/aromatic N) is 1. The van der Waals surface area contributed by atoms with Crippen LogP contribution in [-0.4, -0.2) is 28.4 Å². The van der Waals surface area contributed by atoms with E-state index in [2.05, 4.69) is 24.5 Å². The number of carbonyl (C=O) groups is 2. The number of furan rings is 1. The highest BCUT2D eigenvalue weighted by atomic mass is 19.3. The number of carboxylic acid groups (broad SMARTS) is 1. The van der Waals surface area contributed by atoms with Crippen molar-refractivity contribution in [3.63, 3.8) is 0 Å². The number of hydrogen-bond donors (Lipinski definition) is 2. The molecule has 1 aromatic carbocycles. The van der Waals surface area contributed by atoms with Gasteiger partial charge in [0.2, 0.25) is 5.88 Å². The molecule has 0 saturated carbocycles. The Kier molecular flexibility index (Phi) is 2.94. The van der Waals surface area contributed by atoms with Crippen molar-refractivity contribution in [2.45, 2.75) is 6.29 Å². The van der Waals surface area contributed by atoms with Crippen LogP contribution < -0.4 is 14.8 Å². The van der Waals surface area contributed by atoms with Crippen LogP contribution in [0, 0.1) is 0 Å². The summed E-state index contributed by atoms with van der Waals surface area (Å²) in [7, 11) is 0. The number of alkyl halides is 2. The molecule has 25 heavy (non-hydrogen) atoms. The second kappa shape index (κ2) is 4.93. The van der Waals surface area contributed by atoms with E-state index in [0.717, 1.165) is 12.3 Å². The number of halogens is 2. The summed E-state index contributed by atoms with van der Waals surface area (Å²) >= 11 is 0. The first-order valence-electron chi connectivity index (χ1n) is 6.65. The van der Waals surface area contributed by atoms with Crippen LogP contribution in [0.2, 0.25) is 0 Å². The van der Waals surface area contributed by atoms with Gasteiger partial charge in [0.25, 0.3) is 5.91 Å². The van der Waals surface area contributed by atoms with Crippen molar-refractivity contribution in [1.29, 1.82) is 0 Å². The summed E-state index contributed by atoms with van der Waals surface area (Å²) in [6.45, 7) is 0. The van der Waals surface area contributed by atoms with Gasteiger partial charge in [-0.2, -0.15) is 0 Å². The minimum atomic E-state index is -3.76. The van der Waals surface area contributed by atoms with Gasteiger partial charge in [-0.15, -0.1) is 8.78 Å². The van der Waals surface area contributed by atoms with Gasteiger partial charge in [0.15, 0.2) is 17.3 Å². The molecule has 0 atom stereocenters. The number of hydrogen-bond acceptors (Lipinski definition) is 7. The molecule has 1 amide bonds. The number of fused-ring (bicyclic) bond motifs is 2. The lowest BCUT2D eigenvalue weighted by Crippen LogP contribution is -2.25. The van der Waals surface area contributed by atoms with Crippen LogP contribution in [0.5, 0.6) is 11.5 Å². The zero-order chi connectivity index (χ0) is 17.8. The lowest BCUT2D eigenvalue weighted by atomic mass is 10.2. The molecular formula is C14H6F2N2O7. The highest BCUT2D eigenvalue weighted by molar-refractivity contribution is 6.06. The molecule has 4 rings (SSSR count). The first kappa shape index (κ1) is 14.9. The van der Waals surface area contributed by atoms with Crippen LogP contribution in [0.3, 0.4) is 0 Å². The summed E-state index contributed by atoms with van der Waals surface area (Å²) < 4.78 is 44.6. The SMILES string of the molecule is O=C(Nc1oncc1C(=O)O)c1cc2cc3c(cc2o1)OC(F)(F)O3. The van der Waals surface area contributed by atoms with Crippen LogP contribution in [-0.2, 0) is 0 Å². The summed E-state index contributed by atoms with van der Waals surface area (Å²) in [5.41, 5.74) is -0.242. The van der Waals surface area contributed by atoms with Crippen LogP contribution in [0.4, 0.5) is 14.7 Å². The molecule has 3 heterocycles. The molecular weight excluding hydrogens is 346 g/mol. The Morgan fingerprint density at radius 3 is 2.60 bits per heavy atom. The summed E-state index contributed by atoms with van der Waals surface area (Å²) in [5, 5.41) is 14.7. The van der Waals surface area contributed by atoms with E-state index in [4.69, 9.17) is 9.52 Å². The van der Waals surface area contributed by atoms with Crippen molar-refractivity contribution in [3.05, 3.63) is 35.7 Å². The Morgan fingerprint density at radius 1 is 1.16 bits per heavy atom. The number of ether oxygens (including phenoxy) is 2. The molecule has 2 N–H and O–H groups in total. The van der Waals surface area contributed by atoms with Crippen molar-refractivity contribution in [1.82, 2.24) is 5.16 Å². The predicted octanol–water partition coefficient (Wildman–Crippen LogP) is 2.69. The van der Waals surface area contributed by atoms with E-state index in [9.17, 15) is 18.4 Å². The topological polar surface area (TPSA) is 124 Å². The maximum atomic E-state index is 13.0. The molecule has 9 nitrogen and oxygen atoms in total. The third-order valence-electron chi connectivity index (χ3n) is 3.29. The Labute approximate surface area is 135 Å². The number of rotatable bonds is 3. The van der Waals surface area contributed by atoms with Crippen molar-refractivity contribution in [3.8, 4) is 11.5 Å². The van der Waals surface area contributed by atoms with Crippen molar-refractivity contribution in [2.75, 3.05) is 5.32 Å². The molecule has 0 saturated heterocycles. The summed E-state index contributed by atoms with van der Waals surface area (Å²) in [5.74, 6) is -3.17. The monoisotopic (exact) mass is 352 g/mol. The minimum absolute atomic E-state index is 0.0984. The zero-order valence-electron chi connectivity index (χ0n) is 11.9. The molecule has 3 aromatic rings. The Hall–Kier alpha value is -3.63. The van der Waals surface area contributed by atoms with Crippen LogP contribution in [0.1, 0.15) is 20.9 Å². The lowest BCUT2D eigenvalue weighted by molar-refractivity contribution is -0.286. The third-order valence-corrected chi connectivity index (χ3v) is 3.29. The van der Waals surface area contributed by atoms with Gasteiger partial charge in [-0.1, -0.05) is 5.16 Å². The van der Waals surface area contributed by atoms with Gasteiger partial charge in [0.05, 0.1) is 6.20 Å². The highest BCUT2D eigenvalue weighted by Gasteiger charge is 2.43. The van der Waals surface area contributed by atoms with Gasteiger partial charge in [-0.3, -0.25) is 10.1 Å². The summed E-state index contributed by atoms with van der Waals surface area (Å²) in [6.07, 6.45) is -2.84. The molecule has 128 valence electrons. The lowest BCUT2D eigenvalue weighted by Gasteiger charge is -2.04. The first-order chi connectivity index (χ1) is 11.8. The minimum Gasteiger partial charge on any atom is -0.477 e. The number of benzene rings is 1. The molecule has 1 aliphatic heterocycles. The second-order valence-electron chi connectivity index (χ2n) is 4.94. The molecule has 2 aromatic heterocycles. The van der Waals surface area contributed by atoms with Gasteiger partial charge >= 0.3 is 12.3 Å². The van der Waals surface area contributed by atoms with Gasteiger partial charge in [0.1, 0.15) is 11.1 Å². The largest absolute Gasteiger partial charge is 0.586 e. The normalized spacial score (nSPS) is 14.6. The maximum Gasteiger partial charge on any atom is 0.586 e. The summed E-state index contributed by atoms with van der Waals surface area (Å²) in [6, 6.07) is 3.64. The molecule has 0 spiro atoms. The fraction of sp³-hybridized carbons (Fsp3) is 0.0714. The van der Waals surface area contributed by atoms with Crippen LogP contribution in [0.15, 0.2) is 33.3 Å². The highest BCUT2D eigenvalue weighted by Crippen LogP contribution is 2.43. The Morgan fingerprint density at radius 2 is 1.88 bits per heavy atom. The van der Waals surface area contributed by atoms with E-state index in [1.54, 1.807) is 0 Å². The second-order valence-corrected chi connectivity index (χ2v) is 4.94. The summed E-state index contributed by atoms with van der Waals surface area (Å²) in [4.78, 5) is 23.1. The van der Waals surface area contributed by atoms with Crippen molar-refractivity contribution >= 4 is 28.7 Å². The van der Waals surface area contributed by atoms with E-state index in [-0.39, 0.29) is 34.3 Å². The van der Waals surface area contributed by atoms with Crippen molar-refractivity contribution < 1.29 is 41.9 Å². The number of anilines is 1. The van der Waals surface area contributed by atoms with E-state index >= 15 is 0 Å². The molecule has 0 aliphatic carbocycles. The first-order valence-corrected chi connectivity index (χ1v) is 6.65. The number of nitrogens with one attached hydrogen (secondary N) is 1. The number of carboxylic acids is 1. The molecule has 1 aliphatic rings. The average Bonchev–Trinajstić information content (AvgIpc) is 3.18. The Bertz CT molecular complexity index is 979. The van der Waals surface area contributed by atoms with Gasteiger partial charge < -0.3 is 23.5 Å². The molecule has 0 fully saturated rings. The van der Waals surface area contributed by atoms with Gasteiger partial charge in [-0.05, 0) is 12.1 Å². The number of aromatic nitrogens is 1. The Balaban J connectivity index is 1.63. The fourth-order valence-electron chi connectivity index (χ4n) is 2.24. The number of amides is 1. The smallest absolute Gasteiger partial charge is 0.477 e. The third kappa shape index (κ3) is 2.51. The fourth-order valence-corrected chi connectivity index (χ4v) is 2.24. The zero-order valence-corrected chi connectivity index (χ0v) is 11.9. The van der Waals surface area contributed by atoms with Crippen LogP contribution >= 0.6 is 0 Å². The quantitative estimate of drug-likeness (QED) is 0.737. The molecule has 0 unspecified atom stereocenters. The number of carbonyl (C=O) groups excluding carboxylic acids is 1. The number of aromatic carboxylic acids is 1. The molecule has 0 radical (unpaired) electrons. The van der Waals surface area contributed by atoms with E-state index in [1.807, 2.05) is 0 Å². The molecule has 0 bridgehead atoms. The maximum absolute atomic E-state index is 13.0. The van der Waals surface area contributed by atoms with Crippen LogP contribution in [0.25, 0.3) is 11.0 Å². The van der Waals surface area contributed by atoms with E-state index in [1.165, 1.54) is 12.1 Å². The molecule has 11 heteroatoms. The van der Waals surface area contributed by atoms with Gasteiger partial charge in [-0.25, -0.2) is 4.79 Å². The van der Waals surface area contributed by atoms with Crippen molar-refractivity contribution in [2.24, 2.45) is 0 Å². The van der Waals surface area contributed by atoms with Gasteiger partial charge in [0, 0.05) is 11.5 Å². The van der Waals surface area contributed by atoms with E-state index < -0.39 is 18.2 Å². The standard InChI is InChI=1S/C14H6F2N2O7/c15-14(16)23-8-1-5-2-10(22-7(5)3-9(8)24-14)11(19)18-12-6(13(20)21)4-17-25-12/h1-4H,(H,18,19)(H,20,21).